The number of guanidine groups is 1. The SMILES string of the molecule is CCOCCNC(=NC)N1CC(C)(C)C1(C)C.I. The van der Waals surface area contributed by atoms with Gasteiger partial charge in [0.15, 0.2) is 5.96 Å². The van der Waals surface area contributed by atoms with Crippen molar-refractivity contribution < 1.29 is 4.74 Å². The molecule has 1 rings (SSSR count). The molecule has 0 aromatic heterocycles. The van der Waals surface area contributed by atoms with Crippen molar-refractivity contribution in [1.29, 1.82) is 0 Å². The van der Waals surface area contributed by atoms with E-state index in [-0.39, 0.29) is 29.5 Å². The van der Waals surface area contributed by atoms with Gasteiger partial charge in [0, 0.05) is 37.7 Å². The second kappa shape index (κ2) is 6.93. The predicted molar refractivity (Wildman–Crippen MR) is 87.8 cm³/mol. The molecule has 0 saturated carbocycles. The quantitative estimate of drug-likeness (QED) is 0.358. The van der Waals surface area contributed by atoms with Crippen LogP contribution in [0.4, 0.5) is 0 Å². The van der Waals surface area contributed by atoms with Crippen LogP contribution in [0.3, 0.4) is 0 Å². The van der Waals surface area contributed by atoms with Crippen molar-refractivity contribution in [3.05, 3.63) is 0 Å². The van der Waals surface area contributed by atoms with E-state index in [1.54, 1.807) is 0 Å². The minimum absolute atomic E-state index is 0. The van der Waals surface area contributed by atoms with Crippen molar-refractivity contribution in [2.24, 2.45) is 10.4 Å². The molecule has 0 unspecified atom stereocenters. The fourth-order valence-electron chi connectivity index (χ4n) is 2.07. The lowest BCUT2D eigenvalue weighted by Crippen LogP contribution is -2.72. The van der Waals surface area contributed by atoms with Crippen LogP contribution in [0.5, 0.6) is 0 Å². The van der Waals surface area contributed by atoms with Crippen LogP contribution in [0.1, 0.15) is 34.6 Å². The fourth-order valence-corrected chi connectivity index (χ4v) is 2.07. The molecule has 0 bridgehead atoms. The minimum atomic E-state index is 0. The molecule has 1 N–H and O–H groups in total. The van der Waals surface area contributed by atoms with Gasteiger partial charge in [0.25, 0.3) is 0 Å². The van der Waals surface area contributed by atoms with Crippen LogP contribution in [0.2, 0.25) is 0 Å². The van der Waals surface area contributed by atoms with Gasteiger partial charge in [0.2, 0.25) is 0 Å². The lowest BCUT2D eigenvalue weighted by molar-refractivity contribution is -0.0668. The maximum absolute atomic E-state index is 5.32. The summed E-state index contributed by atoms with van der Waals surface area (Å²) in [4.78, 5) is 6.68. The van der Waals surface area contributed by atoms with E-state index >= 15 is 0 Å². The lowest BCUT2D eigenvalue weighted by atomic mass is 9.65. The molecule has 0 spiro atoms. The van der Waals surface area contributed by atoms with Gasteiger partial charge in [0.05, 0.1) is 6.61 Å². The monoisotopic (exact) mass is 369 g/mol. The Kier molecular flexibility index (Phi) is 6.92. The van der Waals surface area contributed by atoms with Crippen LogP contribution < -0.4 is 5.32 Å². The standard InChI is InChI=1S/C13H27N3O.HI/c1-7-17-9-8-15-11(14-6)16-10-12(2,3)13(16,4)5;/h7-10H2,1-6H3,(H,14,15);1H. The molecule has 0 amide bonds. The van der Waals surface area contributed by atoms with E-state index in [4.69, 9.17) is 4.74 Å². The van der Waals surface area contributed by atoms with Crippen LogP contribution in [-0.2, 0) is 4.74 Å². The summed E-state index contributed by atoms with van der Waals surface area (Å²) in [6, 6.07) is 0. The summed E-state index contributed by atoms with van der Waals surface area (Å²) in [6.45, 7) is 14.5. The molecule has 0 aromatic carbocycles. The van der Waals surface area contributed by atoms with Crippen LogP contribution in [0, 0.1) is 5.41 Å². The summed E-state index contributed by atoms with van der Waals surface area (Å²) in [5.74, 6) is 0.981. The number of rotatable bonds is 4. The molecule has 108 valence electrons. The van der Waals surface area contributed by atoms with Crippen molar-refractivity contribution in [3.63, 3.8) is 0 Å². The van der Waals surface area contributed by atoms with E-state index in [9.17, 15) is 0 Å². The van der Waals surface area contributed by atoms with Crippen LogP contribution in [0.25, 0.3) is 0 Å². The zero-order valence-electron chi connectivity index (χ0n) is 12.5. The molecule has 0 atom stereocenters. The summed E-state index contributed by atoms with van der Waals surface area (Å²) in [7, 11) is 1.84. The number of ether oxygens (including phenoxy) is 1. The molecular weight excluding hydrogens is 341 g/mol. The van der Waals surface area contributed by atoms with Gasteiger partial charge in [0.1, 0.15) is 0 Å². The molecule has 18 heavy (non-hydrogen) atoms. The Morgan fingerprint density at radius 3 is 2.33 bits per heavy atom. The third-order valence-electron chi connectivity index (χ3n) is 4.09. The Morgan fingerprint density at radius 1 is 1.33 bits per heavy atom. The highest BCUT2D eigenvalue weighted by atomic mass is 127. The molecule has 1 aliphatic rings. The Labute approximate surface area is 129 Å². The number of nitrogens with zero attached hydrogens (tertiary/aromatic N) is 2. The maximum atomic E-state index is 5.32. The molecule has 1 heterocycles. The zero-order chi connectivity index (χ0) is 13.1. The first-order valence-corrected chi connectivity index (χ1v) is 6.43. The average molecular weight is 369 g/mol. The van der Waals surface area contributed by atoms with Crippen molar-refractivity contribution >= 4 is 29.9 Å². The number of aliphatic imine (C=N–C) groups is 1. The van der Waals surface area contributed by atoms with Gasteiger partial charge in [-0.2, -0.15) is 0 Å². The Morgan fingerprint density at radius 2 is 1.94 bits per heavy atom. The molecule has 0 aliphatic carbocycles. The van der Waals surface area contributed by atoms with Gasteiger partial charge in [-0.3, -0.25) is 4.99 Å². The zero-order valence-corrected chi connectivity index (χ0v) is 14.9. The number of likely N-dealkylation sites (tertiary alicyclic amines) is 1. The second-order valence-electron chi connectivity index (χ2n) is 5.70. The summed E-state index contributed by atoms with van der Waals surface area (Å²) in [6.07, 6.45) is 0. The van der Waals surface area contributed by atoms with Gasteiger partial charge in [-0.1, -0.05) is 13.8 Å². The number of nitrogens with one attached hydrogen (secondary N) is 1. The van der Waals surface area contributed by atoms with E-state index in [0.717, 1.165) is 32.3 Å². The van der Waals surface area contributed by atoms with Gasteiger partial charge >= 0.3 is 0 Å². The fraction of sp³-hybridized carbons (Fsp3) is 0.923. The van der Waals surface area contributed by atoms with E-state index in [2.05, 4.69) is 42.9 Å². The van der Waals surface area contributed by atoms with E-state index in [1.165, 1.54) is 0 Å². The highest BCUT2D eigenvalue weighted by Crippen LogP contribution is 2.46. The van der Waals surface area contributed by atoms with Crippen molar-refractivity contribution in [2.45, 2.75) is 40.2 Å². The normalized spacial score (nSPS) is 21.0. The molecule has 1 fully saturated rings. The molecule has 0 radical (unpaired) electrons. The largest absolute Gasteiger partial charge is 0.380 e. The van der Waals surface area contributed by atoms with Gasteiger partial charge in [-0.25, -0.2) is 0 Å². The first kappa shape index (κ1) is 18.0. The number of halogens is 1. The summed E-state index contributed by atoms with van der Waals surface area (Å²) in [5, 5.41) is 3.35. The Bertz CT molecular complexity index is 290. The van der Waals surface area contributed by atoms with E-state index in [0.29, 0.717) is 5.41 Å². The van der Waals surface area contributed by atoms with E-state index in [1.807, 2.05) is 14.0 Å². The molecule has 5 heteroatoms. The van der Waals surface area contributed by atoms with Crippen LogP contribution in [0.15, 0.2) is 4.99 Å². The summed E-state index contributed by atoms with van der Waals surface area (Å²) < 4.78 is 5.32. The molecule has 0 aromatic rings. The first-order chi connectivity index (χ1) is 7.86. The smallest absolute Gasteiger partial charge is 0.194 e. The van der Waals surface area contributed by atoms with E-state index < -0.39 is 0 Å². The number of hydrogen-bond donors (Lipinski definition) is 1. The van der Waals surface area contributed by atoms with Gasteiger partial charge in [-0.15, -0.1) is 24.0 Å². The van der Waals surface area contributed by atoms with Crippen LogP contribution in [-0.4, -0.2) is 49.7 Å². The second-order valence-corrected chi connectivity index (χ2v) is 5.70. The highest BCUT2D eigenvalue weighted by molar-refractivity contribution is 14.0. The molecule has 4 nitrogen and oxygen atoms in total. The van der Waals surface area contributed by atoms with Crippen molar-refractivity contribution in [1.82, 2.24) is 10.2 Å². The molecular formula is C13H28IN3O. The third-order valence-corrected chi connectivity index (χ3v) is 4.09. The summed E-state index contributed by atoms with van der Waals surface area (Å²) >= 11 is 0. The predicted octanol–water partition coefficient (Wildman–Crippen LogP) is 2.34. The van der Waals surface area contributed by atoms with Crippen molar-refractivity contribution in [2.75, 3.05) is 33.4 Å². The Hall–Kier alpha value is -0.0400. The lowest BCUT2D eigenvalue weighted by Gasteiger charge is -2.62. The minimum Gasteiger partial charge on any atom is -0.380 e. The average Bonchev–Trinajstić information content (AvgIpc) is 2.27. The summed E-state index contributed by atoms with van der Waals surface area (Å²) in [5.41, 5.74) is 0.491. The molecule has 1 aliphatic heterocycles. The third kappa shape index (κ3) is 3.50. The number of hydrogen-bond acceptors (Lipinski definition) is 2. The van der Waals surface area contributed by atoms with Gasteiger partial charge in [-0.05, 0) is 20.8 Å². The van der Waals surface area contributed by atoms with Gasteiger partial charge < -0.3 is 15.0 Å². The Balaban J connectivity index is 0.00000289. The topological polar surface area (TPSA) is 36.9 Å². The molecule has 1 saturated heterocycles. The van der Waals surface area contributed by atoms with Crippen LogP contribution >= 0.6 is 24.0 Å². The highest BCUT2D eigenvalue weighted by Gasteiger charge is 2.53. The first-order valence-electron chi connectivity index (χ1n) is 6.43. The van der Waals surface area contributed by atoms with Crippen molar-refractivity contribution in [3.8, 4) is 0 Å². The maximum Gasteiger partial charge on any atom is 0.194 e.